The molecule has 0 saturated heterocycles. The van der Waals surface area contributed by atoms with Crippen LogP contribution < -0.4 is 10.9 Å². The van der Waals surface area contributed by atoms with Crippen LogP contribution in [0.25, 0.3) is 21.7 Å². The van der Waals surface area contributed by atoms with Crippen LogP contribution in [0, 0.1) is 5.92 Å². The molecule has 1 aromatic heterocycles. The molecular formula is C25H19NO5. The largest absolute Gasteiger partial charge is 0.457 e. The van der Waals surface area contributed by atoms with Crippen molar-refractivity contribution >= 4 is 39.3 Å². The van der Waals surface area contributed by atoms with Gasteiger partial charge in [0.05, 0.1) is 5.56 Å². The van der Waals surface area contributed by atoms with Gasteiger partial charge in [0, 0.05) is 28.6 Å². The number of carbonyl (C=O) groups excluding carboxylic acids is 2. The zero-order valence-corrected chi connectivity index (χ0v) is 16.6. The third kappa shape index (κ3) is 3.92. The predicted molar refractivity (Wildman–Crippen MR) is 117 cm³/mol. The maximum Gasteiger partial charge on any atom is 0.338 e. The smallest absolute Gasteiger partial charge is 0.338 e. The van der Waals surface area contributed by atoms with E-state index in [4.69, 9.17) is 9.15 Å². The maximum absolute atomic E-state index is 12.5. The second-order valence-corrected chi connectivity index (χ2v) is 7.67. The van der Waals surface area contributed by atoms with Crippen LogP contribution in [-0.4, -0.2) is 11.9 Å². The zero-order chi connectivity index (χ0) is 21.4. The number of rotatable bonds is 5. The molecule has 1 aliphatic carbocycles. The van der Waals surface area contributed by atoms with E-state index in [0.717, 1.165) is 29.0 Å². The van der Waals surface area contributed by atoms with Crippen LogP contribution in [0.5, 0.6) is 0 Å². The summed E-state index contributed by atoms with van der Waals surface area (Å²) in [6, 6.07) is 19.3. The van der Waals surface area contributed by atoms with Crippen molar-refractivity contribution in [1.29, 1.82) is 0 Å². The Morgan fingerprint density at radius 2 is 1.77 bits per heavy atom. The monoisotopic (exact) mass is 413 g/mol. The number of benzene rings is 3. The standard InChI is InChI=1S/C25H19NO5/c27-22-13-18(23-20-4-2-1-3-15(20)9-12-21(23)31-22)14-30-25(29)17-7-10-19(11-8-17)26-24(28)16-5-6-16/h1-4,7-13,16H,5-6,14H2,(H,26,28). The SMILES string of the molecule is O=C(OCc1cc(=O)oc2ccc3ccccc3c12)c1ccc(NC(=O)C2CC2)cc1. The highest BCUT2D eigenvalue weighted by molar-refractivity contribution is 6.07. The van der Waals surface area contributed by atoms with E-state index in [9.17, 15) is 14.4 Å². The van der Waals surface area contributed by atoms with Gasteiger partial charge in [-0.3, -0.25) is 4.79 Å². The molecule has 1 aliphatic rings. The summed E-state index contributed by atoms with van der Waals surface area (Å²) in [6.07, 6.45) is 1.86. The molecule has 5 rings (SSSR count). The Kier molecular flexibility index (Phi) is 4.75. The predicted octanol–water partition coefficient (Wildman–Crippen LogP) is 4.65. The lowest BCUT2D eigenvalue weighted by molar-refractivity contribution is -0.117. The molecule has 6 nitrogen and oxygen atoms in total. The second kappa shape index (κ2) is 7.72. The maximum atomic E-state index is 12.5. The Hall–Kier alpha value is -3.93. The third-order valence-corrected chi connectivity index (χ3v) is 5.41. The van der Waals surface area contributed by atoms with Crippen molar-refractivity contribution in [2.45, 2.75) is 19.4 Å². The van der Waals surface area contributed by atoms with Crippen molar-refractivity contribution in [1.82, 2.24) is 0 Å². The van der Waals surface area contributed by atoms with Gasteiger partial charge in [-0.15, -0.1) is 0 Å². The van der Waals surface area contributed by atoms with Gasteiger partial charge in [0.1, 0.15) is 12.2 Å². The molecule has 1 amide bonds. The van der Waals surface area contributed by atoms with E-state index in [1.165, 1.54) is 6.07 Å². The van der Waals surface area contributed by atoms with Crippen molar-refractivity contribution in [3.63, 3.8) is 0 Å². The van der Waals surface area contributed by atoms with E-state index in [1.54, 1.807) is 30.3 Å². The summed E-state index contributed by atoms with van der Waals surface area (Å²) >= 11 is 0. The highest BCUT2D eigenvalue weighted by Gasteiger charge is 2.29. The fourth-order valence-corrected chi connectivity index (χ4v) is 3.64. The minimum Gasteiger partial charge on any atom is -0.457 e. The number of hydrogen-bond donors (Lipinski definition) is 1. The molecular weight excluding hydrogens is 394 g/mol. The Morgan fingerprint density at radius 1 is 1.00 bits per heavy atom. The number of esters is 1. The van der Waals surface area contributed by atoms with Crippen molar-refractivity contribution in [3.05, 3.63) is 88.3 Å². The number of amides is 1. The Bertz CT molecular complexity index is 1370. The van der Waals surface area contributed by atoms with Crippen LogP contribution in [-0.2, 0) is 16.1 Å². The average molecular weight is 413 g/mol. The van der Waals surface area contributed by atoms with Crippen molar-refractivity contribution in [3.8, 4) is 0 Å². The molecule has 1 N–H and O–H groups in total. The zero-order valence-electron chi connectivity index (χ0n) is 16.6. The van der Waals surface area contributed by atoms with Crippen LogP contribution in [0.2, 0.25) is 0 Å². The molecule has 1 saturated carbocycles. The number of carbonyl (C=O) groups is 2. The third-order valence-electron chi connectivity index (χ3n) is 5.41. The van der Waals surface area contributed by atoms with Crippen LogP contribution in [0.1, 0.15) is 28.8 Å². The van der Waals surface area contributed by atoms with Gasteiger partial charge in [0.25, 0.3) is 0 Å². The summed E-state index contributed by atoms with van der Waals surface area (Å²) in [5.74, 6) is -0.391. The van der Waals surface area contributed by atoms with Crippen LogP contribution in [0.3, 0.4) is 0 Å². The van der Waals surface area contributed by atoms with Crippen molar-refractivity contribution in [2.24, 2.45) is 5.92 Å². The molecule has 1 fully saturated rings. The summed E-state index contributed by atoms with van der Waals surface area (Å²) < 4.78 is 10.8. The molecule has 6 heteroatoms. The first-order valence-electron chi connectivity index (χ1n) is 10.1. The summed E-state index contributed by atoms with van der Waals surface area (Å²) in [6.45, 7) is -0.0604. The molecule has 0 aliphatic heterocycles. The van der Waals surface area contributed by atoms with Gasteiger partial charge in [-0.05, 0) is 53.9 Å². The van der Waals surface area contributed by atoms with Crippen molar-refractivity contribution < 1.29 is 18.7 Å². The lowest BCUT2D eigenvalue weighted by Gasteiger charge is -2.10. The van der Waals surface area contributed by atoms with Crippen LogP contribution >= 0.6 is 0 Å². The van der Waals surface area contributed by atoms with Gasteiger partial charge in [-0.1, -0.05) is 30.3 Å². The van der Waals surface area contributed by atoms with Gasteiger partial charge >= 0.3 is 11.6 Å². The van der Waals surface area contributed by atoms with Gasteiger partial charge in [0.15, 0.2) is 0 Å². The normalized spacial score (nSPS) is 13.3. The fraction of sp³-hybridized carbons (Fsp3) is 0.160. The van der Waals surface area contributed by atoms with Crippen LogP contribution in [0.15, 0.2) is 75.9 Å². The summed E-state index contributed by atoms with van der Waals surface area (Å²) in [5, 5.41) is 5.51. The van der Waals surface area contributed by atoms with Crippen molar-refractivity contribution in [2.75, 3.05) is 5.32 Å². The van der Waals surface area contributed by atoms with E-state index in [0.29, 0.717) is 22.4 Å². The molecule has 1 heterocycles. The topological polar surface area (TPSA) is 85.6 Å². The number of fused-ring (bicyclic) bond motifs is 3. The number of ether oxygens (including phenoxy) is 1. The van der Waals surface area contributed by atoms with E-state index >= 15 is 0 Å². The van der Waals surface area contributed by atoms with E-state index in [2.05, 4.69) is 5.32 Å². The minimum absolute atomic E-state index is 0.0114. The van der Waals surface area contributed by atoms with Gasteiger partial charge in [-0.2, -0.15) is 0 Å². The highest BCUT2D eigenvalue weighted by Crippen LogP contribution is 2.30. The molecule has 0 radical (unpaired) electrons. The summed E-state index contributed by atoms with van der Waals surface area (Å²) in [7, 11) is 0. The molecule has 4 aromatic rings. The highest BCUT2D eigenvalue weighted by atomic mass is 16.5. The van der Waals surface area contributed by atoms with Crippen LogP contribution in [0.4, 0.5) is 5.69 Å². The molecule has 31 heavy (non-hydrogen) atoms. The molecule has 3 aromatic carbocycles. The van der Waals surface area contributed by atoms with Gasteiger partial charge in [0.2, 0.25) is 5.91 Å². The summed E-state index contributed by atoms with van der Waals surface area (Å²) in [4.78, 5) is 36.4. The first-order chi connectivity index (χ1) is 15.1. The number of hydrogen-bond acceptors (Lipinski definition) is 5. The molecule has 0 spiro atoms. The quantitative estimate of drug-likeness (QED) is 0.292. The Labute approximate surface area is 177 Å². The first kappa shape index (κ1) is 19.1. The molecule has 0 unspecified atom stereocenters. The minimum atomic E-state index is -0.512. The molecule has 0 atom stereocenters. The van der Waals surface area contributed by atoms with Gasteiger partial charge < -0.3 is 14.5 Å². The van der Waals surface area contributed by atoms with E-state index in [1.807, 2.05) is 30.3 Å². The second-order valence-electron chi connectivity index (χ2n) is 7.67. The molecule has 154 valence electrons. The Balaban J connectivity index is 1.36. The number of anilines is 1. The number of nitrogens with one attached hydrogen (secondary N) is 1. The Morgan fingerprint density at radius 3 is 2.55 bits per heavy atom. The lowest BCUT2D eigenvalue weighted by atomic mass is 10.0. The fourth-order valence-electron chi connectivity index (χ4n) is 3.64. The first-order valence-corrected chi connectivity index (χ1v) is 10.1. The van der Waals surface area contributed by atoms with Gasteiger partial charge in [-0.25, -0.2) is 9.59 Å². The molecule has 0 bridgehead atoms. The summed E-state index contributed by atoms with van der Waals surface area (Å²) in [5.41, 5.74) is 1.55. The lowest BCUT2D eigenvalue weighted by Crippen LogP contribution is -2.13. The van der Waals surface area contributed by atoms with E-state index in [-0.39, 0.29) is 18.4 Å². The van der Waals surface area contributed by atoms with E-state index < -0.39 is 11.6 Å². The average Bonchev–Trinajstić information content (AvgIpc) is 3.63.